The molecule has 0 amide bonds. The van der Waals surface area contributed by atoms with Crippen LogP contribution in [0.25, 0.3) is 11.4 Å². The monoisotopic (exact) mass is 451 g/mol. The highest BCUT2D eigenvalue weighted by Gasteiger charge is 2.12. The summed E-state index contributed by atoms with van der Waals surface area (Å²) in [4.78, 5) is 25.6. The third kappa shape index (κ3) is 5.52. The van der Waals surface area contributed by atoms with E-state index in [2.05, 4.69) is 35.7 Å². The van der Waals surface area contributed by atoms with Gasteiger partial charge in [-0.2, -0.15) is 19.7 Å². The molecule has 11 nitrogen and oxygen atoms in total. The highest BCUT2D eigenvalue weighted by molar-refractivity contribution is 6.30. The molecule has 3 N–H and O–H groups in total. The summed E-state index contributed by atoms with van der Waals surface area (Å²) in [5.74, 6) is 0.231. The van der Waals surface area contributed by atoms with Crippen molar-refractivity contribution in [3.05, 3.63) is 64.9 Å². The number of nitrogens with zero attached hydrogens (tertiary/aromatic N) is 7. The van der Waals surface area contributed by atoms with Crippen molar-refractivity contribution in [2.24, 2.45) is 0 Å². The van der Waals surface area contributed by atoms with E-state index in [1.807, 2.05) is 31.2 Å². The van der Waals surface area contributed by atoms with Crippen LogP contribution in [-0.4, -0.2) is 41.1 Å². The molecule has 0 radical (unpaired) electrons. The lowest BCUT2D eigenvalue weighted by atomic mass is 10.1. The number of aryl methyl sites for hydroxylation is 1. The first-order chi connectivity index (χ1) is 15.4. The van der Waals surface area contributed by atoms with Crippen molar-refractivity contribution < 1.29 is 9.53 Å². The Morgan fingerprint density at radius 3 is 2.59 bits per heavy atom. The topological polar surface area (TPSA) is 147 Å². The number of esters is 1. The molecule has 2 aromatic carbocycles. The average molecular weight is 452 g/mol. The van der Waals surface area contributed by atoms with Gasteiger partial charge in [-0.1, -0.05) is 41.4 Å². The van der Waals surface area contributed by atoms with Crippen molar-refractivity contribution in [2.45, 2.75) is 20.1 Å². The van der Waals surface area contributed by atoms with E-state index in [1.165, 1.54) is 0 Å². The van der Waals surface area contributed by atoms with Crippen LogP contribution in [0.2, 0.25) is 5.02 Å². The van der Waals surface area contributed by atoms with Gasteiger partial charge in [-0.15, -0.1) is 10.2 Å². The van der Waals surface area contributed by atoms with E-state index in [1.54, 1.807) is 24.3 Å². The van der Waals surface area contributed by atoms with Crippen LogP contribution in [-0.2, 0) is 22.7 Å². The minimum absolute atomic E-state index is 0.0109. The third-order valence-electron chi connectivity index (χ3n) is 4.19. The molecule has 0 saturated heterocycles. The van der Waals surface area contributed by atoms with E-state index in [0.717, 1.165) is 15.9 Å². The number of anilines is 3. The summed E-state index contributed by atoms with van der Waals surface area (Å²) in [7, 11) is 0. The zero-order valence-electron chi connectivity index (χ0n) is 16.9. The van der Waals surface area contributed by atoms with Crippen LogP contribution in [0.4, 0.5) is 17.6 Å². The summed E-state index contributed by atoms with van der Waals surface area (Å²) in [6.45, 7) is 1.58. The standard InChI is InChI=1S/C20H18ClN9O2/c1-12-2-4-13(5-3-12)18-27-29-30(28-18)10-17(31)32-11-16-24-19(22)26-20(25-16)23-15-8-6-14(21)7-9-15/h2-9H,10-11H2,1H3,(H3,22,23,24,25,26). The summed E-state index contributed by atoms with van der Waals surface area (Å²) in [6.07, 6.45) is 0. The molecule has 4 rings (SSSR count). The van der Waals surface area contributed by atoms with Crippen LogP contribution >= 0.6 is 11.6 Å². The molecule has 0 aliphatic rings. The van der Waals surface area contributed by atoms with Crippen LogP contribution in [0.15, 0.2) is 48.5 Å². The fraction of sp³-hybridized carbons (Fsp3) is 0.150. The van der Waals surface area contributed by atoms with E-state index < -0.39 is 5.97 Å². The maximum Gasteiger partial charge on any atom is 0.330 e. The van der Waals surface area contributed by atoms with Gasteiger partial charge in [0.05, 0.1) is 0 Å². The van der Waals surface area contributed by atoms with Gasteiger partial charge < -0.3 is 15.8 Å². The molecule has 0 aliphatic carbocycles. The minimum atomic E-state index is -0.580. The zero-order valence-corrected chi connectivity index (χ0v) is 17.7. The first kappa shape index (κ1) is 21.1. The molecule has 162 valence electrons. The fourth-order valence-electron chi connectivity index (χ4n) is 2.66. The van der Waals surface area contributed by atoms with Gasteiger partial charge in [0.1, 0.15) is 0 Å². The van der Waals surface area contributed by atoms with E-state index in [4.69, 9.17) is 22.1 Å². The summed E-state index contributed by atoms with van der Waals surface area (Å²) >= 11 is 5.88. The van der Waals surface area contributed by atoms with Crippen molar-refractivity contribution in [2.75, 3.05) is 11.1 Å². The molecule has 0 aliphatic heterocycles. The van der Waals surface area contributed by atoms with Crippen molar-refractivity contribution in [3.8, 4) is 11.4 Å². The van der Waals surface area contributed by atoms with Crippen LogP contribution < -0.4 is 11.1 Å². The Kier molecular flexibility index (Phi) is 6.17. The lowest BCUT2D eigenvalue weighted by Gasteiger charge is -2.08. The number of aromatic nitrogens is 7. The summed E-state index contributed by atoms with van der Waals surface area (Å²) in [6, 6.07) is 14.6. The first-order valence-electron chi connectivity index (χ1n) is 9.48. The Bertz CT molecular complexity index is 1230. The van der Waals surface area contributed by atoms with E-state index in [9.17, 15) is 4.79 Å². The van der Waals surface area contributed by atoms with Crippen LogP contribution in [0.5, 0.6) is 0 Å². The highest BCUT2D eigenvalue weighted by atomic mass is 35.5. The maximum atomic E-state index is 12.2. The number of benzene rings is 2. The Morgan fingerprint density at radius 2 is 1.84 bits per heavy atom. The minimum Gasteiger partial charge on any atom is -0.456 e. The first-order valence-corrected chi connectivity index (χ1v) is 9.86. The van der Waals surface area contributed by atoms with Crippen molar-refractivity contribution in [3.63, 3.8) is 0 Å². The molecule has 2 aromatic heterocycles. The number of rotatable bonds is 7. The number of carbonyl (C=O) groups excluding carboxylic acids is 1. The number of carbonyl (C=O) groups is 1. The van der Waals surface area contributed by atoms with E-state index in [-0.39, 0.29) is 30.9 Å². The van der Waals surface area contributed by atoms with Crippen LogP contribution in [0, 0.1) is 6.92 Å². The number of hydrogen-bond donors (Lipinski definition) is 2. The number of tetrazole rings is 1. The molecular weight excluding hydrogens is 434 g/mol. The fourth-order valence-corrected chi connectivity index (χ4v) is 2.78. The quantitative estimate of drug-likeness (QED) is 0.401. The molecular formula is C20H18ClN9O2. The van der Waals surface area contributed by atoms with Crippen LogP contribution in [0.1, 0.15) is 11.4 Å². The van der Waals surface area contributed by atoms with Gasteiger partial charge in [-0.05, 0) is 36.4 Å². The van der Waals surface area contributed by atoms with Crippen LogP contribution in [0.3, 0.4) is 0 Å². The molecule has 0 atom stereocenters. The second kappa shape index (κ2) is 9.35. The second-order valence-electron chi connectivity index (χ2n) is 6.74. The normalized spacial score (nSPS) is 10.7. The third-order valence-corrected chi connectivity index (χ3v) is 4.45. The molecule has 0 fully saturated rings. The highest BCUT2D eigenvalue weighted by Crippen LogP contribution is 2.17. The van der Waals surface area contributed by atoms with Gasteiger partial charge in [-0.25, -0.2) is 4.79 Å². The van der Waals surface area contributed by atoms with Crippen molar-refractivity contribution in [1.29, 1.82) is 0 Å². The number of hydrogen-bond acceptors (Lipinski definition) is 10. The lowest BCUT2D eigenvalue weighted by molar-refractivity contribution is -0.146. The molecule has 12 heteroatoms. The average Bonchev–Trinajstić information content (AvgIpc) is 3.22. The van der Waals surface area contributed by atoms with Gasteiger partial charge in [0, 0.05) is 16.3 Å². The molecule has 0 bridgehead atoms. The summed E-state index contributed by atoms with van der Waals surface area (Å²) in [5.41, 5.74) is 8.37. The maximum absolute atomic E-state index is 12.2. The Labute approximate surface area is 187 Å². The Balaban J connectivity index is 1.35. The molecule has 32 heavy (non-hydrogen) atoms. The number of nitrogen functional groups attached to an aromatic ring is 1. The molecule has 0 spiro atoms. The SMILES string of the molecule is Cc1ccc(-c2nnn(CC(=O)OCc3nc(N)nc(Nc4ccc(Cl)cc4)n3)n2)cc1. The number of ether oxygens (including phenoxy) is 1. The second-order valence-corrected chi connectivity index (χ2v) is 7.17. The Hall–Kier alpha value is -4.12. The van der Waals surface area contributed by atoms with Gasteiger partial charge in [0.15, 0.2) is 19.0 Å². The van der Waals surface area contributed by atoms with Crippen molar-refractivity contribution in [1.82, 2.24) is 35.2 Å². The van der Waals surface area contributed by atoms with Gasteiger partial charge in [0.25, 0.3) is 0 Å². The lowest BCUT2D eigenvalue weighted by Crippen LogP contribution is -2.17. The predicted octanol–water partition coefficient (Wildman–Crippen LogP) is 2.56. The van der Waals surface area contributed by atoms with Gasteiger partial charge in [-0.3, -0.25) is 0 Å². The van der Waals surface area contributed by atoms with E-state index >= 15 is 0 Å². The molecule has 0 saturated carbocycles. The van der Waals surface area contributed by atoms with Gasteiger partial charge in [0.2, 0.25) is 17.7 Å². The predicted molar refractivity (Wildman–Crippen MR) is 117 cm³/mol. The molecule has 4 aromatic rings. The summed E-state index contributed by atoms with van der Waals surface area (Å²) in [5, 5.41) is 15.6. The smallest absolute Gasteiger partial charge is 0.330 e. The summed E-state index contributed by atoms with van der Waals surface area (Å²) < 4.78 is 5.22. The number of nitrogens with two attached hydrogens (primary N) is 1. The number of halogens is 1. The number of nitrogens with one attached hydrogen (secondary N) is 1. The van der Waals surface area contributed by atoms with E-state index in [0.29, 0.717) is 16.5 Å². The largest absolute Gasteiger partial charge is 0.456 e. The van der Waals surface area contributed by atoms with Gasteiger partial charge >= 0.3 is 5.97 Å². The Morgan fingerprint density at radius 1 is 1.09 bits per heavy atom. The van der Waals surface area contributed by atoms with Crippen molar-refractivity contribution >= 4 is 35.2 Å². The molecule has 0 unspecified atom stereocenters. The zero-order chi connectivity index (χ0) is 22.5. The molecule has 2 heterocycles.